The Morgan fingerprint density at radius 3 is 2.40 bits per heavy atom. The van der Waals surface area contributed by atoms with Gasteiger partial charge in [0.1, 0.15) is 5.69 Å². The van der Waals surface area contributed by atoms with Crippen LogP contribution in [0.15, 0.2) is 77.7 Å². The highest BCUT2D eigenvalue weighted by Gasteiger charge is 2.29. The molecule has 180 valence electrons. The van der Waals surface area contributed by atoms with Gasteiger partial charge in [-0.1, -0.05) is 61.0 Å². The van der Waals surface area contributed by atoms with E-state index < -0.39 is 15.9 Å². The second-order valence-electron chi connectivity index (χ2n) is 8.90. The fourth-order valence-corrected chi connectivity index (χ4v) is 6.55. The minimum absolute atomic E-state index is 0.0384. The number of aromatic nitrogens is 1. The van der Waals surface area contributed by atoms with Gasteiger partial charge in [-0.25, -0.2) is 12.4 Å². The zero-order chi connectivity index (χ0) is 24.6. The molecule has 1 heterocycles. The van der Waals surface area contributed by atoms with Gasteiger partial charge in [0.2, 0.25) is 5.91 Å². The topological polar surface area (TPSA) is 123 Å². The van der Waals surface area contributed by atoms with Crippen LogP contribution in [0.3, 0.4) is 0 Å². The van der Waals surface area contributed by atoms with E-state index in [0.29, 0.717) is 29.1 Å². The van der Waals surface area contributed by atoms with Crippen LogP contribution in [0, 0.1) is 5.92 Å². The summed E-state index contributed by atoms with van der Waals surface area (Å²) in [6.45, 7) is 0. The van der Waals surface area contributed by atoms with Crippen molar-refractivity contribution in [2.24, 2.45) is 11.7 Å². The lowest BCUT2D eigenvalue weighted by Crippen LogP contribution is -2.47. The molecule has 0 aliphatic heterocycles. The van der Waals surface area contributed by atoms with Crippen molar-refractivity contribution in [1.82, 2.24) is 14.8 Å². The predicted octanol–water partition coefficient (Wildman–Crippen LogP) is 3.31. The van der Waals surface area contributed by atoms with E-state index in [1.165, 1.54) is 12.1 Å². The van der Waals surface area contributed by atoms with Crippen LogP contribution in [-0.4, -0.2) is 30.2 Å². The Labute approximate surface area is 203 Å². The highest BCUT2D eigenvalue weighted by atomic mass is 32.2. The second-order valence-corrected chi connectivity index (χ2v) is 10.7. The molecule has 0 radical (unpaired) electrons. The van der Waals surface area contributed by atoms with Crippen molar-refractivity contribution >= 4 is 43.5 Å². The Bertz CT molecular complexity index is 1540. The zero-order valence-electron chi connectivity index (χ0n) is 19.0. The van der Waals surface area contributed by atoms with Crippen LogP contribution in [0.25, 0.3) is 21.7 Å². The SMILES string of the molecule is N[C@@H]1CCCC(C(=O)NNC(=O)c2cc3ccccc3n2S(=O)(=O)c2cccc3ccccc23)C1. The lowest BCUT2D eigenvalue weighted by Gasteiger charge is -2.25. The van der Waals surface area contributed by atoms with E-state index in [-0.39, 0.29) is 28.5 Å². The van der Waals surface area contributed by atoms with Crippen molar-refractivity contribution in [2.45, 2.75) is 36.6 Å². The van der Waals surface area contributed by atoms with E-state index in [0.717, 1.165) is 22.2 Å². The summed E-state index contributed by atoms with van der Waals surface area (Å²) < 4.78 is 28.9. The first-order chi connectivity index (χ1) is 16.9. The van der Waals surface area contributed by atoms with E-state index in [4.69, 9.17) is 5.73 Å². The summed E-state index contributed by atoms with van der Waals surface area (Å²) >= 11 is 0. The molecule has 0 saturated heterocycles. The van der Waals surface area contributed by atoms with E-state index >= 15 is 0 Å². The van der Waals surface area contributed by atoms with Crippen LogP contribution in [-0.2, 0) is 14.8 Å². The molecular formula is C26H26N4O4S. The van der Waals surface area contributed by atoms with E-state index in [1.54, 1.807) is 42.5 Å². The maximum absolute atomic E-state index is 14.0. The number of nitrogens with one attached hydrogen (secondary N) is 2. The minimum atomic E-state index is -4.16. The molecule has 4 aromatic rings. The van der Waals surface area contributed by atoms with Gasteiger partial charge in [0.25, 0.3) is 15.9 Å². The van der Waals surface area contributed by atoms with Crippen LogP contribution in [0.2, 0.25) is 0 Å². The molecule has 0 bridgehead atoms. The number of hydrogen-bond acceptors (Lipinski definition) is 5. The Hall–Kier alpha value is -3.69. The van der Waals surface area contributed by atoms with E-state index in [1.807, 2.05) is 18.2 Å². The second kappa shape index (κ2) is 9.16. The Kier molecular flexibility index (Phi) is 6.04. The van der Waals surface area contributed by atoms with Crippen LogP contribution in [0.5, 0.6) is 0 Å². The van der Waals surface area contributed by atoms with Crippen LogP contribution < -0.4 is 16.6 Å². The lowest BCUT2D eigenvalue weighted by atomic mass is 9.86. The standard InChI is InChI=1S/C26H26N4O4S/c27-20-11-5-10-19(15-20)25(31)28-29-26(32)23-16-18-8-2-4-13-22(18)30(23)35(33,34)24-14-6-9-17-7-1-3-12-21(17)24/h1-4,6-9,12-14,16,19-20H,5,10-11,15,27H2,(H,28,31)(H,29,32)/t19?,20-/m1/s1. The molecule has 1 aromatic heterocycles. The van der Waals surface area contributed by atoms with Crippen molar-refractivity contribution in [2.75, 3.05) is 0 Å². The van der Waals surface area contributed by atoms with Gasteiger partial charge in [-0.3, -0.25) is 20.4 Å². The molecule has 1 aliphatic rings. The highest BCUT2D eigenvalue weighted by molar-refractivity contribution is 7.90. The average molecular weight is 491 g/mol. The maximum atomic E-state index is 14.0. The number of carbonyl (C=O) groups excluding carboxylic acids is 2. The predicted molar refractivity (Wildman–Crippen MR) is 134 cm³/mol. The number of amides is 2. The number of hydrazine groups is 1. The minimum Gasteiger partial charge on any atom is -0.328 e. The Morgan fingerprint density at radius 1 is 0.886 bits per heavy atom. The van der Waals surface area contributed by atoms with Crippen molar-refractivity contribution < 1.29 is 18.0 Å². The quantitative estimate of drug-likeness (QED) is 0.379. The molecule has 9 heteroatoms. The summed E-state index contributed by atoms with van der Waals surface area (Å²) in [5.41, 5.74) is 11.1. The van der Waals surface area contributed by atoms with Crippen molar-refractivity contribution in [3.8, 4) is 0 Å². The van der Waals surface area contributed by atoms with Crippen LogP contribution in [0.4, 0.5) is 0 Å². The molecule has 8 nitrogen and oxygen atoms in total. The van der Waals surface area contributed by atoms with Gasteiger partial charge >= 0.3 is 0 Å². The molecule has 1 saturated carbocycles. The monoisotopic (exact) mass is 490 g/mol. The van der Waals surface area contributed by atoms with Crippen molar-refractivity contribution in [1.29, 1.82) is 0 Å². The third-order valence-corrected chi connectivity index (χ3v) is 8.34. The summed E-state index contributed by atoms with van der Waals surface area (Å²) in [6.07, 6.45) is 2.98. The van der Waals surface area contributed by atoms with Gasteiger partial charge in [-0.2, -0.15) is 0 Å². The summed E-state index contributed by atoms with van der Waals surface area (Å²) in [6, 6.07) is 20.6. The molecule has 1 aliphatic carbocycles. The number of nitrogens with two attached hydrogens (primary N) is 1. The molecule has 35 heavy (non-hydrogen) atoms. The van der Waals surface area contributed by atoms with Gasteiger partial charge in [-0.05, 0) is 42.8 Å². The number of fused-ring (bicyclic) bond motifs is 2. The lowest BCUT2D eigenvalue weighted by molar-refractivity contribution is -0.126. The zero-order valence-corrected chi connectivity index (χ0v) is 19.8. The number of nitrogens with zero attached hydrogens (tertiary/aromatic N) is 1. The van der Waals surface area contributed by atoms with Crippen LogP contribution in [0.1, 0.15) is 36.2 Å². The number of benzene rings is 3. The summed E-state index contributed by atoms with van der Waals surface area (Å²) in [5, 5.41) is 1.92. The number of carbonyl (C=O) groups is 2. The molecule has 3 aromatic carbocycles. The maximum Gasteiger partial charge on any atom is 0.287 e. The Balaban J connectivity index is 1.52. The first-order valence-electron chi connectivity index (χ1n) is 11.6. The first-order valence-corrected chi connectivity index (χ1v) is 13.0. The Morgan fingerprint density at radius 2 is 1.60 bits per heavy atom. The van der Waals surface area contributed by atoms with Crippen molar-refractivity contribution in [3.05, 3.63) is 78.5 Å². The molecule has 5 rings (SSSR count). The third kappa shape index (κ3) is 4.28. The smallest absolute Gasteiger partial charge is 0.287 e. The third-order valence-electron chi connectivity index (χ3n) is 6.55. The highest BCUT2D eigenvalue weighted by Crippen LogP contribution is 2.30. The largest absolute Gasteiger partial charge is 0.328 e. The average Bonchev–Trinajstić information content (AvgIpc) is 3.27. The van der Waals surface area contributed by atoms with Crippen LogP contribution >= 0.6 is 0 Å². The number of rotatable bonds is 4. The summed E-state index contributed by atoms with van der Waals surface area (Å²) in [4.78, 5) is 25.9. The molecule has 2 atom stereocenters. The number of para-hydroxylation sites is 1. The van der Waals surface area contributed by atoms with Gasteiger partial charge < -0.3 is 5.73 Å². The summed E-state index contributed by atoms with van der Waals surface area (Å²) in [7, 11) is -4.16. The molecule has 2 amide bonds. The normalized spacial score (nSPS) is 18.4. The fraction of sp³-hybridized carbons (Fsp3) is 0.231. The molecule has 0 spiro atoms. The van der Waals surface area contributed by atoms with Gasteiger partial charge in [0, 0.05) is 22.7 Å². The van der Waals surface area contributed by atoms with Gasteiger partial charge in [0.05, 0.1) is 10.4 Å². The molecule has 1 unspecified atom stereocenters. The van der Waals surface area contributed by atoms with E-state index in [9.17, 15) is 18.0 Å². The molecule has 4 N–H and O–H groups in total. The summed E-state index contributed by atoms with van der Waals surface area (Å²) in [5.74, 6) is -1.34. The molecular weight excluding hydrogens is 464 g/mol. The molecule has 1 fully saturated rings. The van der Waals surface area contributed by atoms with Gasteiger partial charge in [-0.15, -0.1) is 0 Å². The number of hydrogen-bond donors (Lipinski definition) is 3. The van der Waals surface area contributed by atoms with Gasteiger partial charge in [0.15, 0.2) is 0 Å². The van der Waals surface area contributed by atoms with E-state index in [2.05, 4.69) is 10.9 Å². The fourth-order valence-electron chi connectivity index (χ4n) is 4.82. The first kappa shape index (κ1) is 23.1. The van der Waals surface area contributed by atoms with Crippen molar-refractivity contribution in [3.63, 3.8) is 0 Å².